The van der Waals surface area contributed by atoms with Gasteiger partial charge in [-0.25, -0.2) is 0 Å². The van der Waals surface area contributed by atoms with Gasteiger partial charge in [0.25, 0.3) is 0 Å². The maximum Gasteiger partial charge on any atom is 0.0748 e. The third-order valence-corrected chi connectivity index (χ3v) is 3.84. The first-order valence-corrected chi connectivity index (χ1v) is 6.11. The van der Waals surface area contributed by atoms with Crippen molar-refractivity contribution in [2.24, 2.45) is 0 Å². The lowest BCUT2D eigenvalue weighted by molar-refractivity contribution is 0.121. The molecule has 1 aliphatic heterocycles. The Hall–Kier alpha value is -0.540. The number of hydrogen-bond donors (Lipinski definition) is 1. The van der Waals surface area contributed by atoms with Crippen LogP contribution in [0.2, 0.25) is 0 Å². The molecule has 0 radical (unpaired) electrons. The molecular weight excluding hydrogens is 254 g/mol. The SMILES string of the molecule is Cc1c(Br)cccc1NC1CCOC1C. The van der Waals surface area contributed by atoms with Crippen LogP contribution in [0.3, 0.4) is 0 Å². The average molecular weight is 270 g/mol. The Bertz CT molecular complexity index is 353. The molecule has 1 aromatic rings. The highest BCUT2D eigenvalue weighted by Crippen LogP contribution is 2.26. The maximum absolute atomic E-state index is 5.53. The standard InChI is InChI=1S/C12H16BrNO/c1-8-10(13)4-3-5-11(8)14-12-6-7-15-9(12)2/h3-5,9,12,14H,6-7H2,1-2H3. The Kier molecular flexibility index (Phi) is 3.32. The van der Waals surface area contributed by atoms with E-state index in [1.54, 1.807) is 0 Å². The van der Waals surface area contributed by atoms with Crippen molar-refractivity contribution in [2.75, 3.05) is 11.9 Å². The van der Waals surface area contributed by atoms with Crippen LogP contribution in [0.5, 0.6) is 0 Å². The highest BCUT2D eigenvalue weighted by Gasteiger charge is 2.24. The van der Waals surface area contributed by atoms with Gasteiger partial charge in [-0.15, -0.1) is 0 Å². The molecule has 0 spiro atoms. The highest BCUT2D eigenvalue weighted by atomic mass is 79.9. The molecule has 1 heterocycles. The number of hydrogen-bond acceptors (Lipinski definition) is 2. The number of ether oxygens (including phenoxy) is 1. The van der Waals surface area contributed by atoms with Gasteiger partial charge in [-0.1, -0.05) is 22.0 Å². The van der Waals surface area contributed by atoms with Gasteiger partial charge in [0, 0.05) is 16.8 Å². The second kappa shape index (κ2) is 4.54. The zero-order valence-corrected chi connectivity index (χ0v) is 10.7. The van der Waals surface area contributed by atoms with Crippen LogP contribution in [0.25, 0.3) is 0 Å². The molecule has 3 heteroatoms. The molecule has 0 aromatic heterocycles. The molecule has 0 amide bonds. The first-order chi connectivity index (χ1) is 7.18. The van der Waals surface area contributed by atoms with Gasteiger partial charge in [0.2, 0.25) is 0 Å². The molecule has 2 nitrogen and oxygen atoms in total. The Morgan fingerprint density at radius 1 is 1.47 bits per heavy atom. The number of anilines is 1. The summed E-state index contributed by atoms with van der Waals surface area (Å²) in [5.74, 6) is 0. The van der Waals surface area contributed by atoms with E-state index in [1.165, 1.54) is 11.3 Å². The first-order valence-electron chi connectivity index (χ1n) is 5.31. The topological polar surface area (TPSA) is 21.3 Å². The van der Waals surface area contributed by atoms with Crippen molar-refractivity contribution >= 4 is 21.6 Å². The molecule has 1 N–H and O–H groups in total. The van der Waals surface area contributed by atoms with Crippen molar-refractivity contribution in [3.63, 3.8) is 0 Å². The van der Waals surface area contributed by atoms with Gasteiger partial charge in [-0.3, -0.25) is 0 Å². The van der Waals surface area contributed by atoms with Gasteiger partial charge in [-0.05, 0) is 38.0 Å². The first kappa shape index (κ1) is 11.0. The summed E-state index contributed by atoms with van der Waals surface area (Å²) in [5, 5.41) is 3.54. The summed E-state index contributed by atoms with van der Waals surface area (Å²) in [6.07, 6.45) is 1.40. The van der Waals surface area contributed by atoms with Crippen LogP contribution in [0.15, 0.2) is 22.7 Å². The Labute approximate surface area is 99.1 Å². The molecule has 2 atom stereocenters. The second-order valence-corrected chi connectivity index (χ2v) is 4.88. The summed E-state index contributed by atoms with van der Waals surface area (Å²) in [7, 11) is 0. The quantitative estimate of drug-likeness (QED) is 0.889. The lowest BCUT2D eigenvalue weighted by atomic mass is 10.1. The molecule has 1 fully saturated rings. The van der Waals surface area contributed by atoms with Crippen LogP contribution in [0.1, 0.15) is 18.9 Å². The van der Waals surface area contributed by atoms with E-state index in [0.717, 1.165) is 17.5 Å². The van der Waals surface area contributed by atoms with Gasteiger partial charge in [0.1, 0.15) is 0 Å². The van der Waals surface area contributed by atoms with Crippen molar-refractivity contribution in [2.45, 2.75) is 32.4 Å². The van der Waals surface area contributed by atoms with Gasteiger partial charge in [-0.2, -0.15) is 0 Å². The van der Waals surface area contributed by atoms with Crippen LogP contribution in [-0.4, -0.2) is 18.8 Å². The molecule has 1 saturated heterocycles. The molecule has 0 aliphatic carbocycles. The molecule has 2 rings (SSSR count). The van der Waals surface area contributed by atoms with Crippen LogP contribution in [-0.2, 0) is 4.74 Å². The summed E-state index contributed by atoms with van der Waals surface area (Å²) >= 11 is 3.54. The number of benzene rings is 1. The summed E-state index contributed by atoms with van der Waals surface area (Å²) in [6.45, 7) is 5.11. The van der Waals surface area contributed by atoms with Gasteiger partial charge >= 0.3 is 0 Å². The predicted molar refractivity (Wildman–Crippen MR) is 66.3 cm³/mol. The highest BCUT2D eigenvalue weighted by molar-refractivity contribution is 9.10. The van der Waals surface area contributed by atoms with E-state index >= 15 is 0 Å². The summed E-state index contributed by atoms with van der Waals surface area (Å²) in [6, 6.07) is 6.68. The summed E-state index contributed by atoms with van der Waals surface area (Å²) in [4.78, 5) is 0. The van der Waals surface area contributed by atoms with Crippen molar-refractivity contribution in [3.8, 4) is 0 Å². The van der Waals surface area contributed by atoms with Crippen molar-refractivity contribution in [1.29, 1.82) is 0 Å². The minimum absolute atomic E-state index is 0.309. The molecule has 15 heavy (non-hydrogen) atoms. The normalized spacial score (nSPS) is 25.5. The predicted octanol–water partition coefficient (Wildman–Crippen LogP) is 3.35. The fraction of sp³-hybridized carbons (Fsp3) is 0.500. The van der Waals surface area contributed by atoms with E-state index in [2.05, 4.69) is 53.3 Å². The third kappa shape index (κ3) is 2.34. The molecular formula is C12H16BrNO. The zero-order chi connectivity index (χ0) is 10.8. The smallest absolute Gasteiger partial charge is 0.0748 e. The van der Waals surface area contributed by atoms with Gasteiger partial charge < -0.3 is 10.1 Å². The van der Waals surface area contributed by atoms with E-state index in [4.69, 9.17) is 4.74 Å². The van der Waals surface area contributed by atoms with E-state index < -0.39 is 0 Å². The molecule has 1 aliphatic rings. The molecule has 1 aromatic carbocycles. The van der Waals surface area contributed by atoms with E-state index in [9.17, 15) is 0 Å². The van der Waals surface area contributed by atoms with Crippen LogP contribution in [0.4, 0.5) is 5.69 Å². The Balaban J connectivity index is 2.13. The number of rotatable bonds is 2. The lowest BCUT2D eigenvalue weighted by Crippen LogP contribution is -2.26. The van der Waals surface area contributed by atoms with Crippen LogP contribution >= 0.6 is 15.9 Å². The minimum Gasteiger partial charge on any atom is -0.379 e. The molecule has 2 unspecified atom stereocenters. The third-order valence-electron chi connectivity index (χ3n) is 2.98. The lowest BCUT2D eigenvalue weighted by Gasteiger charge is -2.19. The second-order valence-electron chi connectivity index (χ2n) is 4.03. The van der Waals surface area contributed by atoms with Crippen LogP contribution < -0.4 is 5.32 Å². The van der Waals surface area contributed by atoms with Gasteiger partial charge in [0.05, 0.1) is 12.1 Å². The molecule has 82 valence electrons. The van der Waals surface area contributed by atoms with E-state index in [0.29, 0.717) is 12.1 Å². The largest absolute Gasteiger partial charge is 0.379 e. The maximum atomic E-state index is 5.53. The monoisotopic (exact) mass is 269 g/mol. The van der Waals surface area contributed by atoms with Crippen molar-refractivity contribution in [1.82, 2.24) is 0 Å². The molecule has 0 bridgehead atoms. The van der Waals surface area contributed by atoms with E-state index in [1.807, 2.05) is 0 Å². The average Bonchev–Trinajstić information content (AvgIpc) is 2.60. The Morgan fingerprint density at radius 3 is 2.93 bits per heavy atom. The minimum atomic E-state index is 0.309. The fourth-order valence-corrected chi connectivity index (χ4v) is 2.25. The summed E-state index contributed by atoms with van der Waals surface area (Å²) in [5.41, 5.74) is 2.46. The fourth-order valence-electron chi connectivity index (χ4n) is 1.88. The molecule has 0 saturated carbocycles. The zero-order valence-electron chi connectivity index (χ0n) is 9.09. The van der Waals surface area contributed by atoms with Crippen LogP contribution in [0, 0.1) is 6.92 Å². The van der Waals surface area contributed by atoms with Gasteiger partial charge in [0.15, 0.2) is 0 Å². The van der Waals surface area contributed by atoms with Crippen molar-refractivity contribution in [3.05, 3.63) is 28.2 Å². The summed E-state index contributed by atoms with van der Waals surface area (Å²) < 4.78 is 6.69. The Morgan fingerprint density at radius 2 is 2.27 bits per heavy atom. The number of halogens is 1. The number of nitrogens with one attached hydrogen (secondary N) is 1. The van der Waals surface area contributed by atoms with Crippen molar-refractivity contribution < 1.29 is 4.74 Å². The van der Waals surface area contributed by atoms with E-state index in [-0.39, 0.29) is 0 Å².